The lowest BCUT2D eigenvalue weighted by Gasteiger charge is -2.29. The van der Waals surface area contributed by atoms with E-state index in [0.717, 1.165) is 18.8 Å². The molecule has 142 valence electrons. The van der Waals surface area contributed by atoms with Crippen molar-refractivity contribution in [3.63, 3.8) is 0 Å². The first-order valence-corrected chi connectivity index (χ1v) is 8.70. The van der Waals surface area contributed by atoms with E-state index >= 15 is 0 Å². The second kappa shape index (κ2) is 8.55. The molecule has 1 amide bonds. The molecule has 1 fully saturated rings. The van der Waals surface area contributed by atoms with E-state index in [2.05, 4.69) is 10.2 Å². The number of rotatable bonds is 6. The summed E-state index contributed by atoms with van der Waals surface area (Å²) in [5.74, 6) is -0.807. The zero-order valence-corrected chi connectivity index (χ0v) is 15.1. The second-order valence-electron chi connectivity index (χ2n) is 6.17. The first-order chi connectivity index (χ1) is 13.1. The van der Waals surface area contributed by atoms with Gasteiger partial charge in [0.15, 0.2) is 0 Å². The Hall–Kier alpha value is -3.06. The third kappa shape index (κ3) is 4.57. The predicted octanol–water partition coefficient (Wildman–Crippen LogP) is 2.41. The van der Waals surface area contributed by atoms with Gasteiger partial charge in [-0.25, -0.2) is 4.79 Å². The molecule has 0 radical (unpaired) electrons. The largest absolute Gasteiger partial charge is 0.495 e. The molecule has 1 aliphatic heterocycles. The molecule has 1 aliphatic rings. The number of carboxylic acid groups (broad SMARTS) is 1. The number of ether oxygens (including phenoxy) is 2. The quantitative estimate of drug-likeness (QED) is 0.812. The average molecular weight is 370 g/mol. The summed E-state index contributed by atoms with van der Waals surface area (Å²) < 4.78 is 10.7. The van der Waals surface area contributed by atoms with E-state index in [1.165, 1.54) is 6.07 Å². The number of aromatic carboxylic acids is 1. The van der Waals surface area contributed by atoms with E-state index in [1.54, 1.807) is 25.3 Å². The highest BCUT2D eigenvalue weighted by molar-refractivity contribution is 5.97. The fourth-order valence-electron chi connectivity index (χ4n) is 3.06. The second-order valence-corrected chi connectivity index (χ2v) is 6.17. The van der Waals surface area contributed by atoms with Crippen LogP contribution in [0.4, 0.5) is 11.4 Å². The summed E-state index contributed by atoms with van der Waals surface area (Å²) in [6, 6.07) is 12.1. The lowest BCUT2D eigenvalue weighted by atomic mass is 10.0. The number of hydrogen-bond acceptors (Lipinski definition) is 5. The van der Waals surface area contributed by atoms with E-state index in [-0.39, 0.29) is 17.9 Å². The first kappa shape index (κ1) is 18.7. The zero-order chi connectivity index (χ0) is 19.2. The zero-order valence-electron chi connectivity index (χ0n) is 15.1. The van der Waals surface area contributed by atoms with Crippen molar-refractivity contribution in [1.29, 1.82) is 0 Å². The van der Waals surface area contributed by atoms with Crippen LogP contribution in [0.2, 0.25) is 0 Å². The van der Waals surface area contributed by atoms with E-state index in [0.29, 0.717) is 30.2 Å². The fourth-order valence-corrected chi connectivity index (χ4v) is 3.06. The van der Waals surface area contributed by atoms with Gasteiger partial charge in [0, 0.05) is 18.8 Å². The first-order valence-electron chi connectivity index (χ1n) is 8.70. The Morgan fingerprint density at radius 3 is 2.63 bits per heavy atom. The number of hydrogen-bond donors (Lipinski definition) is 2. The lowest BCUT2D eigenvalue weighted by molar-refractivity contribution is -0.115. The number of methoxy groups -OCH3 is 1. The van der Waals surface area contributed by atoms with Crippen molar-refractivity contribution < 1.29 is 24.2 Å². The van der Waals surface area contributed by atoms with Gasteiger partial charge in [-0.3, -0.25) is 4.79 Å². The van der Waals surface area contributed by atoms with Crippen LogP contribution in [0.1, 0.15) is 15.9 Å². The van der Waals surface area contributed by atoms with Crippen LogP contribution in [-0.2, 0) is 16.0 Å². The van der Waals surface area contributed by atoms with Gasteiger partial charge in [0.25, 0.3) is 0 Å². The number of carboxylic acids is 1. The molecule has 7 nitrogen and oxygen atoms in total. The summed E-state index contributed by atoms with van der Waals surface area (Å²) in [6.45, 7) is 2.90. The molecule has 0 unspecified atom stereocenters. The molecule has 1 saturated heterocycles. The Morgan fingerprint density at radius 1 is 1.19 bits per heavy atom. The topological polar surface area (TPSA) is 88.1 Å². The van der Waals surface area contributed by atoms with Crippen LogP contribution in [0.25, 0.3) is 0 Å². The third-order valence-electron chi connectivity index (χ3n) is 4.43. The number of nitrogens with zero attached hydrogens (tertiary/aromatic N) is 1. The molecular formula is C20H22N2O5. The summed E-state index contributed by atoms with van der Waals surface area (Å²) in [6.07, 6.45) is -0.0343. The van der Waals surface area contributed by atoms with Gasteiger partial charge in [0.1, 0.15) is 5.75 Å². The molecule has 1 heterocycles. The molecule has 27 heavy (non-hydrogen) atoms. The van der Waals surface area contributed by atoms with Crippen molar-refractivity contribution >= 4 is 23.3 Å². The molecule has 0 aromatic heterocycles. The van der Waals surface area contributed by atoms with Gasteiger partial charge in [0.2, 0.25) is 5.91 Å². The molecule has 0 saturated carbocycles. The van der Waals surface area contributed by atoms with Crippen LogP contribution >= 0.6 is 0 Å². The standard InChI is InChI=1S/C20H22N2O5/c1-26-18-7-6-15(22-8-10-27-11-9-22)13-17(18)21-19(23)12-14-4-2-3-5-16(14)20(24)25/h2-7,13H,8-12H2,1H3,(H,21,23)(H,24,25). The van der Waals surface area contributed by atoms with E-state index < -0.39 is 5.97 Å². The van der Waals surface area contributed by atoms with Gasteiger partial charge in [-0.15, -0.1) is 0 Å². The molecular weight excluding hydrogens is 348 g/mol. The third-order valence-corrected chi connectivity index (χ3v) is 4.43. The minimum atomic E-state index is -1.05. The van der Waals surface area contributed by atoms with Crippen molar-refractivity contribution in [2.45, 2.75) is 6.42 Å². The smallest absolute Gasteiger partial charge is 0.335 e. The number of morpholine rings is 1. The number of nitrogens with one attached hydrogen (secondary N) is 1. The van der Waals surface area contributed by atoms with Gasteiger partial charge in [0.05, 0.1) is 38.0 Å². The predicted molar refractivity (Wildman–Crippen MR) is 102 cm³/mol. The SMILES string of the molecule is COc1ccc(N2CCOCC2)cc1NC(=O)Cc1ccccc1C(=O)O. The van der Waals surface area contributed by atoms with E-state index in [1.807, 2.05) is 18.2 Å². The summed E-state index contributed by atoms with van der Waals surface area (Å²) in [7, 11) is 1.54. The molecule has 0 spiro atoms. The van der Waals surface area contributed by atoms with Crippen molar-refractivity contribution in [3.05, 3.63) is 53.6 Å². The number of anilines is 2. The highest BCUT2D eigenvalue weighted by Gasteiger charge is 2.16. The number of carbonyl (C=O) groups excluding carboxylic acids is 1. The lowest BCUT2D eigenvalue weighted by Crippen LogP contribution is -2.36. The maximum atomic E-state index is 12.5. The molecule has 2 N–H and O–H groups in total. The minimum Gasteiger partial charge on any atom is -0.495 e. The van der Waals surface area contributed by atoms with Crippen molar-refractivity contribution in [2.24, 2.45) is 0 Å². The Balaban J connectivity index is 1.77. The van der Waals surface area contributed by atoms with Crippen LogP contribution in [-0.4, -0.2) is 50.4 Å². The van der Waals surface area contributed by atoms with Crippen LogP contribution in [0, 0.1) is 0 Å². The molecule has 0 bridgehead atoms. The van der Waals surface area contributed by atoms with Gasteiger partial charge in [-0.1, -0.05) is 18.2 Å². The maximum absolute atomic E-state index is 12.5. The van der Waals surface area contributed by atoms with Gasteiger partial charge < -0.3 is 24.8 Å². The Labute approximate surface area is 157 Å². The van der Waals surface area contributed by atoms with Gasteiger partial charge >= 0.3 is 5.97 Å². The summed E-state index contributed by atoms with van der Waals surface area (Å²) in [5.41, 5.74) is 2.12. The molecule has 2 aromatic rings. The van der Waals surface area contributed by atoms with Crippen LogP contribution < -0.4 is 15.0 Å². The van der Waals surface area contributed by atoms with Crippen LogP contribution in [0.15, 0.2) is 42.5 Å². The highest BCUT2D eigenvalue weighted by Crippen LogP contribution is 2.30. The Kier molecular flexibility index (Phi) is 5.93. The fraction of sp³-hybridized carbons (Fsp3) is 0.300. The number of amides is 1. The Morgan fingerprint density at radius 2 is 1.93 bits per heavy atom. The maximum Gasteiger partial charge on any atom is 0.335 e. The van der Waals surface area contributed by atoms with Crippen LogP contribution in [0.3, 0.4) is 0 Å². The molecule has 2 aromatic carbocycles. The highest BCUT2D eigenvalue weighted by atomic mass is 16.5. The molecule has 0 aliphatic carbocycles. The van der Waals surface area contributed by atoms with Gasteiger partial charge in [-0.05, 0) is 29.8 Å². The Bertz CT molecular complexity index is 831. The summed E-state index contributed by atoms with van der Waals surface area (Å²) in [4.78, 5) is 26.0. The number of benzene rings is 2. The van der Waals surface area contributed by atoms with E-state index in [4.69, 9.17) is 9.47 Å². The van der Waals surface area contributed by atoms with Crippen molar-refractivity contribution in [2.75, 3.05) is 43.6 Å². The average Bonchev–Trinajstić information content (AvgIpc) is 2.69. The van der Waals surface area contributed by atoms with Crippen molar-refractivity contribution in [3.8, 4) is 5.75 Å². The van der Waals surface area contributed by atoms with Gasteiger partial charge in [-0.2, -0.15) is 0 Å². The van der Waals surface area contributed by atoms with E-state index in [9.17, 15) is 14.7 Å². The normalized spacial score (nSPS) is 13.9. The molecule has 0 atom stereocenters. The monoisotopic (exact) mass is 370 g/mol. The minimum absolute atomic E-state index is 0.0343. The molecule has 3 rings (SSSR count). The van der Waals surface area contributed by atoms with Crippen molar-refractivity contribution in [1.82, 2.24) is 0 Å². The summed E-state index contributed by atoms with van der Waals surface area (Å²) >= 11 is 0. The number of carbonyl (C=O) groups is 2. The van der Waals surface area contributed by atoms with Crippen LogP contribution in [0.5, 0.6) is 5.75 Å². The molecule has 7 heteroatoms. The summed E-state index contributed by atoms with van der Waals surface area (Å²) in [5, 5.41) is 12.1.